The Morgan fingerprint density at radius 3 is 2.43 bits per heavy atom. The molecule has 2 aromatic rings. The highest BCUT2D eigenvalue weighted by atomic mass is 35.5. The van der Waals surface area contributed by atoms with E-state index < -0.39 is 0 Å². The fourth-order valence-corrected chi connectivity index (χ4v) is 2.12. The number of hydrogen-bond acceptors (Lipinski definition) is 2. The first-order valence-corrected chi connectivity index (χ1v) is 7.18. The van der Waals surface area contributed by atoms with E-state index in [0.29, 0.717) is 10.6 Å². The summed E-state index contributed by atoms with van der Waals surface area (Å²) in [6, 6.07) is 14.8. The highest BCUT2D eigenvalue weighted by molar-refractivity contribution is 6.30. The lowest BCUT2D eigenvalue weighted by molar-refractivity contribution is 0.0954. The number of carbonyl (C=O) groups excluding carboxylic acids is 1. The molecule has 0 spiro atoms. The molecule has 2 aromatic carbocycles. The quantitative estimate of drug-likeness (QED) is 0.667. The van der Waals surface area contributed by atoms with Gasteiger partial charge in [-0.15, -0.1) is 0 Å². The summed E-state index contributed by atoms with van der Waals surface area (Å²) in [6.07, 6.45) is 0.718. The Morgan fingerprint density at radius 1 is 1.14 bits per heavy atom. The highest BCUT2D eigenvalue weighted by Gasteiger charge is 2.08. The zero-order valence-electron chi connectivity index (χ0n) is 12.1. The molecule has 0 aliphatic rings. The van der Waals surface area contributed by atoms with Crippen LogP contribution in [0.2, 0.25) is 5.02 Å². The van der Waals surface area contributed by atoms with Crippen LogP contribution in [-0.2, 0) is 0 Å². The van der Waals surface area contributed by atoms with Crippen LogP contribution >= 0.6 is 11.6 Å². The average molecular weight is 301 g/mol. The van der Waals surface area contributed by atoms with Gasteiger partial charge in [0.15, 0.2) is 0 Å². The van der Waals surface area contributed by atoms with E-state index in [1.54, 1.807) is 6.07 Å². The molecule has 0 atom stereocenters. The van der Waals surface area contributed by atoms with Crippen LogP contribution in [0.15, 0.2) is 53.6 Å². The Balaban J connectivity index is 2.16. The minimum atomic E-state index is -0.201. The lowest BCUT2D eigenvalue weighted by Crippen LogP contribution is -2.20. The predicted molar refractivity (Wildman–Crippen MR) is 86.9 cm³/mol. The number of nitrogens with one attached hydrogen (secondary N) is 1. The first-order valence-electron chi connectivity index (χ1n) is 6.80. The molecule has 0 aromatic heterocycles. The highest BCUT2D eigenvalue weighted by Crippen LogP contribution is 2.12. The maximum Gasteiger partial charge on any atom is 0.271 e. The standard InChI is InChI=1S/C17H17ClN2O/c1-3-16(13-8-10-14(18)11-9-13)19-20-17(21)15-7-5-4-6-12(15)2/h4-11H,3H2,1-2H3,(H,20,21). The van der Waals surface area contributed by atoms with Gasteiger partial charge in [-0.3, -0.25) is 4.79 Å². The monoisotopic (exact) mass is 300 g/mol. The van der Waals surface area contributed by atoms with Gasteiger partial charge in [-0.25, -0.2) is 5.43 Å². The third-order valence-corrected chi connectivity index (χ3v) is 3.45. The molecule has 2 rings (SSSR count). The Bertz CT molecular complexity index is 663. The van der Waals surface area contributed by atoms with Gasteiger partial charge in [-0.1, -0.05) is 48.9 Å². The van der Waals surface area contributed by atoms with E-state index in [1.807, 2.05) is 56.3 Å². The Labute approximate surface area is 129 Å². The molecule has 21 heavy (non-hydrogen) atoms. The number of hydrogen-bond donors (Lipinski definition) is 1. The molecular formula is C17H17ClN2O. The van der Waals surface area contributed by atoms with E-state index in [1.165, 1.54) is 0 Å². The summed E-state index contributed by atoms with van der Waals surface area (Å²) in [5, 5.41) is 4.91. The van der Waals surface area contributed by atoms with Crippen molar-refractivity contribution in [2.45, 2.75) is 20.3 Å². The second-order valence-electron chi connectivity index (χ2n) is 4.67. The van der Waals surface area contributed by atoms with Crippen molar-refractivity contribution < 1.29 is 4.79 Å². The normalized spacial score (nSPS) is 11.3. The van der Waals surface area contributed by atoms with Crippen LogP contribution in [0, 0.1) is 6.92 Å². The molecule has 0 unspecified atom stereocenters. The lowest BCUT2D eigenvalue weighted by Gasteiger charge is -2.07. The van der Waals surface area contributed by atoms with Crippen LogP contribution in [0.3, 0.4) is 0 Å². The van der Waals surface area contributed by atoms with Gasteiger partial charge in [0.2, 0.25) is 0 Å². The van der Waals surface area contributed by atoms with Gasteiger partial charge in [0.05, 0.1) is 5.71 Å². The zero-order valence-corrected chi connectivity index (χ0v) is 12.8. The van der Waals surface area contributed by atoms with E-state index in [-0.39, 0.29) is 5.91 Å². The SMILES string of the molecule is CCC(=NNC(=O)c1ccccc1C)c1ccc(Cl)cc1. The minimum Gasteiger partial charge on any atom is -0.267 e. The van der Waals surface area contributed by atoms with Gasteiger partial charge in [-0.2, -0.15) is 5.10 Å². The largest absolute Gasteiger partial charge is 0.271 e. The molecule has 0 saturated heterocycles. The van der Waals surface area contributed by atoms with E-state index in [9.17, 15) is 4.79 Å². The van der Waals surface area contributed by atoms with Gasteiger partial charge in [0.1, 0.15) is 0 Å². The second-order valence-corrected chi connectivity index (χ2v) is 5.11. The number of rotatable bonds is 4. The van der Waals surface area contributed by atoms with Gasteiger partial charge < -0.3 is 0 Å². The Hall–Kier alpha value is -2.13. The fourth-order valence-electron chi connectivity index (χ4n) is 2.00. The van der Waals surface area contributed by atoms with E-state index in [0.717, 1.165) is 23.3 Å². The summed E-state index contributed by atoms with van der Waals surface area (Å²) in [5.41, 5.74) is 5.94. The second kappa shape index (κ2) is 7.04. The van der Waals surface area contributed by atoms with Crippen molar-refractivity contribution in [1.29, 1.82) is 0 Å². The lowest BCUT2D eigenvalue weighted by atomic mass is 10.1. The molecular weight excluding hydrogens is 284 g/mol. The number of amides is 1. The molecule has 0 fully saturated rings. The van der Waals surface area contributed by atoms with Crippen LogP contribution < -0.4 is 5.43 Å². The van der Waals surface area contributed by atoms with Crippen molar-refractivity contribution >= 4 is 23.2 Å². The molecule has 0 aliphatic carbocycles. The molecule has 1 N–H and O–H groups in total. The third kappa shape index (κ3) is 3.92. The molecule has 0 radical (unpaired) electrons. The molecule has 108 valence electrons. The van der Waals surface area contributed by atoms with Crippen molar-refractivity contribution in [3.63, 3.8) is 0 Å². The predicted octanol–water partition coefficient (Wildman–Crippen LogP) is 4.19. The van der Waals surface area contributed by atoms with Gasteiger partial charge in [-0.05, 0) is 42.7 Å². The van der Waals surface area contributed by atoms with E-state index in [4.69, 9.17) is 11.6 Å². The molecule has 0 saturated carbocycles. The first kappa shape index (κ1) is 15.3. The molecule has 4 heteroatoms. The smallest absolute Gasteiger partial charge is 0.267 e. The maximum absolute atomic E-state index is 12.1. The Kier molecular flexibility index (Phi) is 5.12. The summed E-state index contributed by atoms with van der Waals surface area (Å²) in [5.74, 6) is -0.201. The van der Waals surface area contributed by atoms with Crippen LogP contribution in [-0.4, -0.2) is 11.6 Å². The summed E-state index contributed by atoms with van der Waals surface area (Å²) in [4.78, 5) is 12.1. The molecule has 0 aliphatic heterocycles. The van der Waals surface area contributed by atoms with Gasteiger partial charge in [0, 0.05) is 10.6 Å². The molecule has 0 heterocycles. The fraction of sp³-hybridized carbons (Fsp3) is 0.176. The molecule has 3 nitrogen and oxygen atoms in total. The molecule has 1 amide bonds. The van der Waals surface area contributed by atoms with Gasteiger partial charge >= 0.3 is 0 Å². The van der Waals surface area contributed by atoms with E-state index in [2.05, 4.69) is 10.5 Å². The van der Waals surface area contributed by atoms with Crippen molar-refractivity contribution in [2.24, 2.45) is 5.10 Å². The summed E-state index contributed by atoms with van der Waals surface area (Å²) >= 11 is 5.87. The van der Waals surface area contributed by atoms with Crippen LogP contribution in [0.4, 0.5) is 0 Å². The van der Waals surface area contributed by atoms with Crippen molar-refractivity contribution in [3.05, 3.63) is 70.2 Å². The third-order valence-electron chi connectivity index (χ3n) is 3.19. The van der Waals surface area contributed by atoms with Crippen LogP contribution in [0.5, 0.6) is 0 Å². The van der Waals surface area contributed by atoms with Crippen molar-refractivity contribution in [1.82, 2.24) is 5.43 Å². The maximum atomic E-state index is 12.1. The molecule has 0 bridgehead atoms. The van der Waals surface area contributed by atoms with Crippen LogP contribution in [0.25, 0.3) is 0 Å². The number of halogens is 1. The average Bonchev–Trinajstić information content (AvgIpc) is 2.49. The first-order chi connectivity index (χ1) is 10.1. The number of carbonyl (C=O) groups is 1. The summed E-state index contributed by atoms with van der Waals surface area (Å²) in [6.45, 7) is 3.89. The summed E-state index contributed by atoms with van der Waals surface area (Å²) in [7, 11) is 0. The van der Waals surface area contributed by atoms with Gasteiger partial charge in [0.25, 0.3) is 5.91 Å². The van der Waals surface area contributed by atoms with Crippen molar-refractivity contribution in [2.75, 3.05) is 0 Å². The number of aryl methyl sites for hydroxylation is 1. The Morgan fingerprint density at radius 2 is 1.81 bits per heavy atom. The minimum absolute atomic E-state index is 0.201. The number of hydrazone groups is 1. The topological polar surface area (TPSA) is 41.5 Å². The number of nitrogens with zero attached hydrogens (tertiary/aromatic N) is 1. The number of benzene rings is 2. The zero-order chi connectivity index (χ0) is 15.2. The van der Waals surface area contributed by atoms with Crippen molar-refractivity contribution in [3.8, 4) is 0 Å². The summed E-state index contributed by atoms with van der Waals surface area (Å²) < 4.78 is 0. The van der Waals surface area contributed by atoms with E-state index >= 15 is 0 Å². The van der Waals surface area contributed by atoms with Crippen LogP contribution in [0.1, 0.15) is 34.8 Å².